The van der Waals surface area contributed by atoms with Gasteiger partial charge in [-0.25, -0.2) is 4.98 Å². The maximum Gasteiger partial charge on any atom is 0.223 e. The van der Waals surface area contributed by atoms with Crippen molar-refractivity contribution in [2.24, 2.45) is 0 Å². The number of aromatic nitrogens is 2. The van der Waals surface area contributed by atoms with Crippen molar-refractivity contribution in [1.82, 2.24) is 9.97 Å². The molecule has 2 aromatic rings. The SMILES string of the molecule is COCC(Nc1cc(Cl)nc(N)n1)c1ccco1. The summed E-state index contributed by atoms with van der Waals surface area (Å²) in [6.45, 7) is 0.426. The smallest absolute Gasteiger partial charge is 0.223 e. The van der Waals surface area contributed by atoms with Crippen LogP contribution in [-0.2, 0) is 4.74 Å². The molecular formula is C11H13ClN4O2. The normalized spacial score (nSPS) is 12.3. The van der Waals surface area contributed by atoms with Gasteiger partial charge in [0.1, 0.15) is 22.8 Å². The number of methoxy groups -OCH3 is 1. The summed E-state index contributed by atoms with van der Waals surface area (Å²) in [5.74, 6) is 1.37. The van der Waals surface area contributed by atoms with Gasteiger partial charge >= 0.3 is 0 Å². The second kappa shape index (κ2) is 5.70. The Morgan fingerprint density at radius 3 is 3.00 bits per heavy atom. The molecule has 0 aliphatic rings. The summed E-state index contributed by atoms with van der Waals surface area (Å²) >= 11 is 5.81. The molecule has 0 radical (unpaired) electrons. The lowest BCUT2D eigenvalue weighted by atomic mass is 10.2. The number of hydrogen-bond acceptors (Lipinski definition) is 6. The Hall–Kier alpha value is -1.79. The standard InChI is InChI=1S/C11H13ClN4O2/c1-17-6-7(8-3-2-4-18-8)14-10-5-9(12)15-11(13)16-10/h2-5,7H,6H2,1H3,(H3,13,14,15,16). The summed E-state index contributed by atoms with van der Waals surface area (Å²) in [6.07, 6.45) is 1.60. The molecule has 2 aromatic heterocycles. The molecule has 0 aromatic carbocycles. The molecule has 3 N–H and O–H groups in total. The van der Waals surface area contributed by atoms with E-state index < -0.39 is 0 Å². The van der Waals surface area contributed by atoms with Gasteiger partial charge in [0.25, 0.3) is 0 Å². The highest BCUT2D eigenvalue weighted by molar-refractivity contribution is 6.29. The van der Waals surface area contributed by atoms with Crippen molar-refractivity contribution in [3.63, 3.8) is 0 Å². The zero-order chi connectivity index (χ0) is 13.0. The molecule has 0 aliphatic heterocycles. The van der Waals surface area contributed by atoms with Crippen LogP contribution in [0.15, 0.2) is 28.9 Å². The molecule has 18 heavy (non-hydrogen) atoms. The number of anilines is 2. The summed E-state index contributed by atoms with van der Waals surface area (Å²) in [5.41, 5.74) is 5.53. The van der Waals surface area contributed by atoms with Crippen molar-refractivity contribution >= 4 is 23.4 Å². The second-order valence-electron chi connectivity index (χ2n) is 3.60. The quantitative estimate of drug-likeness (QED) is 0.808. The van der Waals surface area contributed by atoms with Gasteiger partial charge in [-0.2, -0.15) is 4.98 Å². The highest BCUT2D eigenvalue weighted by Gasteiger charge is 2.15. The number of halogens is 1. The fraction of sp³-hybridized carbons (Fsp3) is 0.273. The molecule has 0 saturated carbocycles. The van der Waals surface area contributed by atoms with E-state index in [0.29, 0.717) is 12.4 Å². The largest absolute Gasteiger partial charge is 0.467 e. The topological polar surface area (TPSA) is 86.2 Å². The second-order valence-corrected chi connectivity index (χ2v) is 3.99. The Bertz CT molecular complexity index is 483. The maximum absolute atomic E-state index is 5.81. The third-order valence-corrected chi connectivity index (χ3v) is 2.45. The van der Waals surface area contributed by atoms with Crippen LogP contribution in [0.3, 0.4) is 0 Å². The van der Waals surface area contributed by atoms with E-state index in [-0.39, 0.29) is 17.1 Å². The number of nitrogens with two attached hydrogens (primary N) is 1. The number of furan rings is 1. The van der Waals surface area contributed by atoms with Crippen LogP contribution in [0.4, 0.5) is 11.8 Å². The van der Waals surface area contributed by atoms with Crippen molar-refractivity contribution < 1.29 is 9.15 Å². The summed E-state index contributed by atoms with van der Waals surface area (Å²) in [6, 6.07) is 5.07. The molecular weight excluding hydrogens is 256 g/mol. The predicted octanol–water partition coefficient (Wildman–Crippen LogP) is 2.10. The molecule has 6 nitrogen and oxygen atoms in total. The first-order chi connectivity index (χ1) is 8.69. The highest BCUT2D eigenvalue weighted by atomic mass is 35.5. The van der Waals surface area contributed by atoms with Crippen molar-refractivity contribution in [3.05, 3.63) is 35.4 Å². The fourth-order valence-corrected chi connectivity index (χ4v) is 1.73. The van der Waals surface area contributed by atoms with Crippen molar-refractivity contribution in [3.8, 4) is 0 Å². The highest BCUT2D eigenvalue weighted by Crippen LogP contribution is 2.21. The van der Waals surface area contributed by atoms with E-state index >= 15 is 0 Å². The van der Waals surface area contributed by atoms with Crippen LogP contribution in [0.1, 0.15) is 11.8 Å². The van der Waals surface area contributed by atoms with Gasteiger partial charge in [0, 0.05) is 13.2 Å². The first-order valence-corrected chi connectivity index (χ1v) is 5.66. The molecule has 0 fully saturated rings. The third-order valence-electron chi connectivity index (χ3n) is 2.25. The fourth-order valence-electron chi connectivity index (χ4n) is 1.54. The van der Waals surface area contributed by atoms with Gasteiger partial charge in [-0.15, -0.1) is 0 Å². The van der Waals surface area contributed by atoms with E-state index in [1.165, 1.54) is 0 Å². The lowest BCUT2D eigenvalue weighted by Gasteiger charge is -2.16. The summed E-state index contributed by atoms with van der Waals surface area (Å²) in [5, 5.41) is 3.41. The molecule has 1 atom stereocenters. The number of ether oxygens (including phenoxy) is 1. The van der Waals surface area contributed by atoms with Crippen molar-refractivity contribution in [2.75, 3.05) is 24.8 Å². The van der Waals surface area contributed by atoms with E-state index in [1.54, 1.807) is 25.5 Å². The lowest BCUT2D eigenvalue weighted by Crippen LogP contribution is -2.17. The van der Waals surface area contributed by atoms with Gasteiger partial charge < -0.3 is 20.2 Å². The van der Waals surface area contributed by atoms with Gasteiger partial charge in [0.15, 0.2) is 0 Å². The minimum atomic E-state index is -0.171. The number of nitrogen functional groups attached to an aromatic ring is 1. The van der Waals surface area contributed by atoms with E-state index in [0.717, 1.165) is 5.76 Å². The molecule has 2 rings (SSSR count). The summed E-state index contributed by atoms with van der Waals surface area (Å²) < 4.78 is 10.5. The van der Waals surface area contributed by atoms with E-state index in [1.807, 2.05) is 6.07 Å². The zero-order valence-electron chi connectivity index (χ0n) is 9.76. The summed E-state index contributed by atoms with van der Waals surface area (Å²) in [4.78, 5) is 7.83. The molecule has 96 valence electrons. The van der Waals surface area contributed by atoms with Gasteiger partial charge in [0.05, 0.1) is 12.9 Å². The molecule has 1 unspecified atom stereocenters. The molecule has 7 heteroatoms. The molecule has 0 spiro atoms. The summed E-state index contributed by atoms with van der Waals surface area (Å²) in [7, 11) is 1.61. The Balaban J connectivity index is 2.18. The van der Waals surface area contributed by atoms with Crippen LogP contribution in [0, 0.1) is 0 Å². The molecule has 0 bridgehead atoms. The van der Waals surface area contributed by atoms with Crippen LogP contribution in [0.5, 0.6) is 0 Å². The average Bonchev–Trinajstić information content (AvgIpc) is 2.80. The Kier molecular flexibility index (Phi) is 4.01. The minimum Gasteiger partial charge on any atom is -0.467 e. The van der Waals surface area contributed by atoms with E-state index in [9.17, 15) is 0 Å². The third kappa shape index (κ3) is 3.12. The molecule has 0 saturated heterocycles. The Labute approximate surface area is 109 Å². The predicted molar refractivity (Wildman–Crippen MR) is 68.4 cm³/mol. The first kappa shape index (κ1) is 12.7. The van der Waals surface area contributed by atoms with E-state index in [2.05, 4.69) is 15.3 Å². The number of nitrogens with one attached hydrogen (secondary N) is 1. The number of nitrogens with zero attached hydrogens (tertiary/aromatic N) is 2. The van der Waals surface area contributed by atoms with Crippen LogP contribution in [0.2, 0.25) is 5.15 Å². The number of hydrogen-bond donors (Lipinski definition) is 2. The van der Waals surface area contributed by atoms with Crippen LogP contribution in [-0.4, -0.2) is 23.7 Å². The number of rotatable bonds is 5. The average molecular weight is 269 g/mol. The first-order valence-electron chi connectivity index (χ1n) is 5.28. The monoisotopic (exact) mass is 268 g/mol. The maximum atomic E-state index is 5.81. The molecule has 0 aliphatic carbocycles. The van der Waals surface area contributed by atoms with Gasteiger partial charge in [0.2, 0.25) is 5.95 Å². The van der Waals surface area contributed by atoms with Crippen LogP contribution < -0.4 is 11.1 Å². The van der Waals surface area contributed by atoms with Crippen molar-refractivity contribution in [1.29, 1.82) is 0 Å². The molecule has 0 amide bonds. The van der Waals surface area contributed by atoms with Crippen LogP contribution >= 0.6 is 11.6 Å². The Morgan fingerprint density at radius 2 is 2.39 bits per heavy atom. The van der Waals surface area contributed by atoms with Crippen molar-refractivity contribution in [2.45, 2.75) is 6.04 Å². The minimum absolute atomic E-state index is 0.112. The van der Waals surface area contributed by atoms with Gasteiger partial charge in [-0.3, -0.25) is 0 Å². The van der Waals surface area contributed by atoms with Gasteiger partial charge in [-0.1, -0.05) is 11.6 Å². The Morgan fingerprint density at radius 1 is 1.56 bits per heavy atom. The molecule has 2 heterocycles. The van der Waals surface area contributed by atoms with Crippen LogP contribution in [0.25, 0.3) is 0 Å². The van der Waals surface area contributed by atoms with E-state index in [4.69, 9.17) is 26.5 Å². The lowest BCUT2D eigenvalue weighted by molar-refractivity contribution is 0.178. The van der Waals surface area contributed by atoms with Gasteiger partial charge in [-0.05, 0) is 12.1 Å². The zero-order valence-corrected chi connectivity index (χ0v) is 10.5.